The van der Waals surface area contributed by atoms with Crippen LogP contribution in [0.3, 0.4) is 0 Å². The Kier molecular flexibility index (Phi) is 4.40. The number of H-pyrrole nitrogens is 1. The van der Waals surface area contributed by atoms with Gasteiger partial charge in [-0.25, -0.2) is 9.07 Å². The molecule has 1 aliphatic rings. The van der Waals surface area contributed by atoms with Gasteiger partial charge in [-0.05, 0) is 31.4 Å². The van der Waals surface area contributed by atoms with Gasteiger partial charge < -0.3 is 5.32 Å². The topological polar surface area (TPSA) is 75.6 Å². The summed E-state index contributed by atoms with van der Waals surface area (Å²) >= 11 is 0. The van der Waals surface area contributed by atoms with Crippen molar-refractivity contribution in [3.05, 3.63) is 65.0 Å². The van der Waals surface area contributed by atoms with E-state index in [0.717, 1.165) is 11.3 Å². The summed E-state index contributed by atoms with van der Waals surface area (Å²) in [6.45, 7) is 0. The highest BCUT2D eigenvalue weighted by atomic mass is 19.4. The molecule has 1 aromatic carbocycles. The van der Waals surface area contributed by atoms with E-state index in [9.17, 15) is 22.4 Å². The van der Waals surface area contributed by atoms with E-state index < -0.39 is 29.6 Å². The van der Waals surface area contributed by atoms with E-state index in [1.807, 2.05) is 5.10 Å². The molecule has 1 atom stereocenters. The summed E-state index contributed by atoms with van der Waals surface area (Å²) in [5.41, 5.74) is 0.349. The minimum atomic E-state index is -4.61. The molecule has 2 aromatic heterocycles. The van der Waals surface area contributed by atoms with Crippen LogP contribution in [-0.2, 0) is 12.6 Å². The van der Waals surface area contributed by atoms with Crippen molar-refractivity contribution < 1.29 is 22.4 Å². The first-order chi connectivity index (χ1) is 13.3. The Labute approximate surface area is 156 Å². The number of benzene rings is 1. The Morgan fingerprint density at radius 2 is 2.07 bits per heavy atom. The first kappa shape index (κ1) is 18.2. The van der Waals surface area contributed by atoms with E-state index >= 15 is 0 Å². The molecule has 0 spiro atoms. The molecule has 0 fully saturated rings. The number of nitrogens with zero attached hydrogens (tertiary/aromatic N) is 3. The van der Waals surface area contributed by atoms with Crippen molar-refractivity contribution in [2.24, 2.45) is 0 Å². The standard InChI is InChI=1S/C18H15F4N5O/c19-11-4-1-2-6-15(11)27-14-7-3-5-12(10(14)9-23-27)24-17(28)13-8-16(26-25-13)18(20,21)22/h1-2,4,6,8-9,12H,3,5,7H2,(H,24,28)(H,25,26). The lowest BCUT2D eigenvalue weighted by molar-refractivity contribution is -0.141. The molecule has 146 valence electrons. The molecular formula is C18H15F4N5O. The van der Waals surface area contributed by atoms with Gasteiger partial charge in [-0.3, -0.25) is 9.89 Å². The number of nitrogens with one attached hydrogen (secondary N) is 2. The third kappa shape index (κ3) is 3.25. The summed E-state index contributed by atoms with van der Waals surface area (Å²) in [5.74, 6) is -1.14. The number of hydrogen-bond acceptors (Lipinski definition) is 3. The lowest BCUT2D eigenvalue weighted by Gasteiger charge is -2.24. The maximum absolute atomic E-state index is 14.1. The Hall–Kier alpha value is -3.17. The Morgan fingerprint density at radius 1 is 1.29 bits per heavy atom. The maximum atomic E-state index is 14.1. The fourth-order valence-electron chi connectivity index (χ4n) is 3.35. The van der Waals surface area contributed by atoms with Gasteiger partial charge >= 0.3 is 6.18 Å². The van der Waals surface area contributed by atoms with Crippen molar-refractivity contribution >= 4 is 5.91 Å². The van der Waals surface area contributed by atoms with Gasteiger partial charge in [0.2, 0.25) is 0 Å². The van der Waals surface area contributed by atoms with E-state index in [1.165, 1.54) is 10.7 Å². The quantitative estimate of drug-likeness (QED) is 0.668. The van der Waals surface area contributed by atoms with Crippen LogP contribution in [0.15, 0.2) is 36.5 Å². The van der Waals surface area contributed by atoms with Crippen LogP contribution in [-0.4, -0.2) is 25.9 Å². The van der Waals surface area contributed by atoms with Crippen LogP contribution >= 0.6 is 0 Å². The van der Waals surface area contributed by atoms with Crippen molar-refractivity contribution in [3.8, 4) is 5.69 Å². The van der Waals surface area contributed by atoms with Crippen molar-refractivity contribution in [2.45, 2.75) is 31.5 Å². The molecule has 0 radical (unpaired) electrons. The summed E-state index contributed by atoms with van der Waals surface area (Å²) in [7, 11) is 0. The number of alkyl halides is 3. The van der Waals surface area contributed by atoms with Gasteiger partial charge in [0.25, 0.3) is 5.91 Å². The second kappa shape index (κ2) is 6.77. The van der Waals surface area contributed by atoms with Gasteiger partial charge in [-0.2, -0.15) is 23.4 Å². The number of halogens is 4. The fourth-order valence-corrected chi connectivity index (χ4v) is 3.35. The maximum Gasteiger partial charge on any atom is 0.432 e. The van der Waals surface area contributed by atoms with Gasteiger partial charge in [-0.1, -0.05) is 12.1 Å². The molecule has 6 nitrogen and oxygen atoms in total. The lowest BCUT2D eigenvalue weighted by atomic mass is 9.92. The monoisotopic (exact) mass is 393 g/mol. The van der Waals surface area contributed by atoms with Crippen LogP contribution in [0.4, 0.5) is 17.6 Å². The predicted octanol–water partition coefficient (Wildman–Crippen LogP) is 3.56. The molecular weight excluding hydrogens is 378 g/mol. The molecule has 0 saturated heterocycles. The van der Waals surface area contributed by atoms with Crippen LogP contribution in [0.5, 0.6) is 0 Å². The predicted molar refractivity (Wildman–Crippen MR) is 90.3 cm³/mol. The Morgan fingerprint density at radius 3 is 2.79 bits per heavy atom. The highest BCUT2D eigenvalue weighted by Crippen LogP contribution is 2.32. The molecule has 1 aliphatic carbocycles. The minimum absolute atomic E-state index is 0.304. The van der Waals surface area contributed by atoms with E-state index in [4.69, 9.17) is 0 Å². The Balaban J connectivity index is 1.58. The lowest BCUT2D eigenvalue weighted by Crippen LogP contribution is -2.31. The average molecular weight is 393 g/mol. The van der Waals surface area contributed by atoms with E-state index in [2.05, 4.69) is 15.5 Å². The average Bonchev–Trinajstić information content (AvgIpc) is 3.30. The summed E-state index contributed by atoms with van der Waals surface area (Å²) in [4.78, 5) is 12.3. The number of aromatic amines is 1. The molecule has 10 heteroatoms. The molecule has 0 saturated carbocycles. The number of fused-ring (bicyclic) bond motifs is 1. The number of carbonyl (C=O) groups is 1. The summed E-state index contributed by atoms with van der Waals surface area (Å²) < 4.78 is 53.6. The van der Waals surface area contributed by atoms with Crippen molar-refractivity contribution in [3.63, 3.8) is 0 Å². The van der Waals surface area contributed by atoms with Gasteiger partial charge in [0.15, 0.2) is 5.69 Å². The van der Waals surface area contributed by atoms with E-state index in [0.29, 0.717) is 31.0 Å². The first-order valence-electron chi connectivity index (χ1n) is 8.60. The van der Waals surface area contributed by atoms with Crippen molar-refractivity contribution in [2.75, 3.05) is 0 Å². The number of aromatic nitrogens is 4. The van der Waals surface area contributed by atoms with Crippen LogP contribution in [0.25, 0.3) is 5.69 Å². The van der Waals surface area contributed by atoms with Gasteiger partial charge in [0.1, 0.15) is 17.2 Å². The first-order valence-corrected chi connectivity index (χ1v) is 8.60. The second-order valence-electron chi connectivity index (χ2n) is 6.49. The third-order valence-corrected chi connectivity index (χ3v) is 4.68. The van der Waals surface area contributed by atoms with Crippen LogP contribution in [0, 0.1) is 5.82 Å². The number of para-hydroxylation sites is 1. The zero-order valence-electron chi connectivity index (χ0n) is 14.4. The highest BCUT2D eigenvalue weighted by molar-refractivity contribution is 5.92. The summed E-state index contributed by atoms with van der Waals surface area (Å²) in [6, 6.07) is 6.44. The van der Waals surface area contributed by atoms with E-state index in [-0.39, 0.29) is 5.69 Å². The molecule has 1 unspecified atom stereocenters. The number of rotatable bonds is 3. The molecule has 4 rings (SSSR count). The normalized spacial score (nSPS) is 16.6. The Bertz CT molecular complexity index is 1020. The summed E-state index contributed by atoms with van der Waals surface area (Å²) in [6.07, 6.45) is -1.09. The SMILES string of the molecule is O=C(NC1CCCc2c1cnn2-c1ccccc1F)c1cc(C(F)(F)F)[nH]n1. The number of amides is 1. The summed E-state index contributed by atoms with van der Waals surface area (Å²) in [5, 5.41) is 12.2. The fraction of sp³-hybridized carbons (Fsp3) is 0.278. The third-order valence-electron chi connectivity index (χ3n) is 4.68. The molecule has 2 heterocycles. The van der Waals surface area contributed by atoms with E-state index in [1.54, 1.807) is 24.4 Å². The second-order valence-corrected chi connectivity index (χ2v) is 6.49. The zero-order valence-corrected chi connectivity index (χ0v) is 14.4. The molecule has 3 aromatic rings. The number of carbonyl (C=O) groups excluding carboxylic acids is 1. The molecule has 0 bridgehead atoms. The molecule has 1 amide bonds. The van der Waals surface area contributed by atoms with Crippen molar-refractivity contribution in [1.82, 2.24) is 25.3 Å². The molecule has 0 aliphatic heterocycles. The van der Waals surface area contributed by atoms with Crippen LogP contribution in [0.1, 0.15) is 46.3 Å². The zero-order chi connectivity index (χ0) is 19.9. The van der Waals surface area contributed by atoms with Gasteiger partial charge in [0.05, 0.1) is 12.2 Å². The van der Waals surface area contributed by atoms with Crippen molar-refractivity contribution in [1.29, 1.82) is 0 Å². The minimum Gasteiger partial charge on any atom is -0.344 e. The number of hydrogen-bond donors (Lipinski definition) is 2. The van der Waals surface area contributed by atoms with Crippen LogP contribution < -0.4 is 5.32 Å². The smallest absolute Gasteiger partial charge is 0.344 e. The highest BCUT2D eigenvalue weighted by Gasteiger charge is 2.34. The molecule has 2 N–H and O–H groups in total. The molecule has 28 heavy (non-hydrogen) atoms. The van der Waals surface area contributed by atoms with Gasteiger partial charge in [-0.15, -0.1) is 0 Å². The largest absolute Gasteiger partial charge is 0.432 e. The van der Waals surface area contributed by atoms with Crippen LogP contribution in [0.2, 0.25) is 0 Å². The van der Waals surface area contributed by atoms with Gasteiger partial charge in [0, 0.05) is 17.3 Å².